The van der Waals surface area contributed by atoms with Crippen LogP contribution >= 0.6 is 0 Å². The fourth-order valence-corrected chi connectivity index (χ4v) is 1.63. The fraction of sp³-hybridized carbons (Fsp3) is 0.333. The standard InChI is InChI=1S/C12H16N2O4/c1-3-14(4-2)12(18)8-6-5-7(11(13)17)9(15)10(8)16/h5-6,15-16H,3-4H2,1-2H3,(H2,13,17). The van der Waals surface area contributed by atoms with Gasteiger partial charge in [-0.3, -0.25) is 9.59 Å². The maximum Gasteiger partial charge on any atom is 0.257 e. The van der Waals surface area contributed by atoms with Crippen LogP contribution in [0.25, 0.3) is 0 Å². The molecule has 1 rings (SSSR count). The Labute approximate surface area is 105 Å². The number of phenolic OH excluding ortho intramolecular Hbond substituents is 1. The molecule has 0 bridgehead atoms. The van der Waals surface area contributed by atoms with Crippen molar-refractivity contribution in [3.8, 4) is 11.5 Å². The van der Waals surface area contributed by atoms with Crippen molar-refractivity contribution in [2.24, 2.45) is 5.73 Å². The van der Waals surface area contributed by atoms with Gasteiger partial charge in [-0.05, 0) is 26.0 Å². The third-order valence-electron chi connectivity index (χ3n) is 2.70. The van der Waals surface area contributed by atoms with Gasteiger partial charge in [0.25, 0.3) is 11.8 Å². The van der Waals surface area contributed by atoms with Gasteiger partial charge in [-0.15, -0.1) is 0 Å². The Morgan fingerprint density at radius 2 is 1.56 bits per heavy atom. The van der Waals surface area contributed by atoms with Crippen molar-refractivity contribution in [2.45, 2.75) is 13.8 Å². The number of aromatic hydroxyl groups is 2. The number of nitrogens with two attached hydrogens (primary N) is 1. The molecule has 2 amide bonds. The molecule has 0 aliphatic heterocycles. The number of hydrogen-bond acceptors (Lipinski definition) is 4. The number of rotatable bonds is 4. The number of amides is 2. The third kappa shape index (κ3) is 2.37. The van der Waals surface area contributed by atoms with Crippen molar-refractivity contribution in [3.63, 3.8) is 0 Å². The van der Waals surface area contributed by atoms with Gasteiger partial charge in [-0.2, -0.15) is 0 Å². The first-order valence-corrected chi connectivity index (χ1v) is 5.58. The minimum absolute atomic E-state index is 0.0544. The van der Waals surface area contributed by atoms with E-state index in [0.29, 0.717) is 13.1 Å². The van der Waals surface area contributed by atoms with Crippen molar-refractivity contribution in [1.29, 1.82) is 0 Å². The summed E-state index contributed by atoms with van der Waals surface area (Å²) in [5.74, 6) is -2.57. The minimum atomic E-state index is -0.871. The first-order valence-electron chi connectivity index (χ1n) is 5.58. The number of hydrogen-bond donors (Lipinski definition) is 3. The molecule has 6 heteroatoms. The molecule has 0 atom stereocenters. The van der Waals surface area contributed by atoms with Gasteiger partial charge in [0.15, 0.2) is 11.5 Å². The van der Waals surface area contributed by atoms with E-state index in [1.54, 1.807) is 13.8 Å². The molecular formula is C12H16N2O4. The maximum atomic E-state index is 12.0. The second-order valence-electron chi connectivity index (χ2n) is 3.70. The van der Waals surface area contributed by atoms with Crippen LogP contribution in [0, 0.1) is 0 Å². The largest absolute Gasteiger partial charge is 0.504 e. The second kappa shape index (κ2) is 5.39. The molecule has 0 spiro atoms. The number of nitrogens with zero attached hydrogens (tertiary/aromatic N) is 1. The summed E-state index contributed by atoms with van der Waals surface area (Å²) in [7, 11) is 0. The van der Waals surface area contributed by atoms with Gasteiger partial charge in [0, 0.05) is 13.1 Å². The molecule has 0 radical (unpaired) electrons. The summed E-state index contributed by atoms with van der Waals surface area (Å²) in [5, 5.41) is 19.3. The molecule has 0 aromatic heterocycles. The van der Waals surface area contributed by atoms with Gasteiger partial charge in [-0.25, -0.2) is 0 Å². The summed E-state index contributed by atoms with van der Waals surface area (Å²) in [6.07, 6.45) is 0. The van der Waals surface area contributed by atoms with Gasteiger partial charge < -0.3 is 20.8 Å². The first kappa shape index (κ1) is 13.8. The van der Waals surface area contributed by atoms with E-state index < -0.39 is 23.3 Å². The zero-order valence-corrected chi connectivity index (χ0v) is 10.3. The average Bonchev–Trinajstić information content (AvgIpc) is 2.33. The molecule has 6 nitrogen and oxygen atoms in total. The molecule has 1 aromatic rings. The number of phenols is 2. The van der Waals surface area contributed by atoms with Crippen LogP contribution < -0.4 is 5.73 Å². The summed E-state index contributed by atoms with van der Waals surface area (Å²) >= 11 is 0. The van der Waals surface area contributed by atoms with Crippen LogP contribution in [-0.4, -0.2) is 40.0 Å². The lowest BCUT2D eigenvalue weighted by Gasteiger charge is -2.19. The predicted molar refractivity (Wildman–Crippen MR) is 65.5 cm³/mol. The van der Waals surface area contributed by atoms with Gasteiger partial charge in [0.1, 0.15) is 0 Å². The van der Waals surface area contributed by atoms with E-state index in [4.69, 9.17) is 5.73 Å². The molecule has 1 aromatic carbocycles. The Kier molecular flexibility index (Phi) is 4.14. The molecule has 0 saturated carbocycles. The summed E-state index contributed by atoms with van der Waals surface area (Å²) in [6, 6.07) is 2.49. The highest BCUT2D eigenvalue weighted by atomic mass is 16.3. The van der Waals surface area contributed by atoms with Crippen molar-refractivity contribution >= 4 is 11.8 Å². The van der Waals surface area contributed by atoms with Crippen LogP contribution in [0.5, 0.6) is 11.5 Å². The monoisotopic (exact) mass is 252 g/mol. The van der Waals surface area contributed by atoms with Crippen molar-refractivity contribution < 1.29 is 19.8 Å². The van der Waals surface area contributed by atoms with Crippen LogP contribution in [0.2, 0.25) is 0 Å². The minimum Gasteiger partial charge on any atom is -0.504 e. The van der Waals surface area contributed by atoms with Crippen LogP contribution in [-0.2, 0) is 0 Å². The molecule has 0 aliphatic carbocycles. The molecule has 18 heavy (non-hydrogen) atoms. The molecular weight excluding hydrogens is 236 g/mol. The summed E-state index contributed by atoms with van der Waals surface area (Å²) < 4.78 is 0. The van der Waals surface area contributed by atoms with Crippen molar-refractivity contribution in [3.05, 3.63) is 23.3 Å². The fourth-order valence-electron chi connectivity index (χ4n) is 1.63. The summed E-state index contributed by atoms with van der Waals surface area (Å²) in [6.45, 7) is 4.56. The van der Waals surface area contributed by atoms with Gasteiger partial charge in [0.2, 0.25) is 0 Å². The van der Waals surface area contributed by atoms with Crippen molar-refractivity contribution in [1.82, 2.24) is 4.90 Å². The Morgan fingerprint density at radius 1 is 1.11 bits per heavy atom. The van der Waals surface area contributed by atoms with E-state index in [9.17, 15) is 19.8 Å². The second-order valence-corrected chi connectivity index (χ2v) is 3.70. The highest BCUT2D eigenvalue weighted by molar-refractivity contribution is 6.02. The normalized spacial score (nSPS) is 10.1. The van der Waals surface area contributed by atoms with E-state index in [2.05, 4.69) is 0 Å². The first-order chi connectivity index (χ1) is 8.43. The summed E-state index contributed by atoms with van der Waals surface area (Å²) in [5.41, 5.74) is 4.74. The predicted octanol–water partition coefficient (Wildman–Crippen LogP) is 0.679. The number of benzene rings is 1. The molecule has 4 N–H and O–H groups in total. The summed E-state index contributed by atoms with van der Waals surface area (Å²) in [4.78, 5) is 24.4. The van der Waals surface area contributed by atoms with Gasteiger partial charge in [-0.1, -0.05) is 0 Å². The number of carbonyl (C=O) groups excluding carboxylic acids is 2. The molecule has 0 saturated heterocycles. The Hall–Kier alpha value is -2.24. The van der Waals surface area contributed by atoms with E-state index in [-0.39, 0.29) is 11.1 Å². The quantitative estimate of drug-likeness (QED) is 0.685. The van der Waals surface area contributed by atoms with Gasteiger partial charge >= 0.3 is 0 Å². The lowest BCUT2D eigenvalue weighted by atomic mass is 10.1. The zero-order chi connectivity index (χ0) is 13.9. The third-order valence-corrected chi connectivity index (χ3v) is 2.70. The van der Waals surface area contributed by atoms with E-state index in [0.717, 1.165) is 0 Å². The zero-order valence-electron chi connectivity index (χ0n) is 10.3. The molecule has 0 fully saturated rings. The van der Waals surface area contributed by atoms with E-state index in [1.165, 1.54) is 17.0 Å². The molecule has 0 unspecified atom stereocenters. The van der Waals surface area contributed by atoms with Crippen LogP contribution in [0.4, 0.5) is 0 Å². The Bertz CT molecular complexity index is 481. The maximum absolute atomic E-state index is 12.0. The Balaban J connectivity index is 3.24. The Morgan fingerprint density at radius 3 is 2.00 bits per heavy atom. The average molecular weight is 252 g/mol. The van der Waals surface area contributed by atoms with Crippen LogP contribution in [0.15, 0.2) is 12.1 Å². The SMILES string of the molecule is CCN(CC)C(=O)c1ccc(C(N)=O)c(O)c1O. The van der Waals surface area contributed by atoms with Crippen LogP contribution in [0.3, 0.4) is 0 Å². The lowest BCUT2D eigenvalue weighted by Crippen LogP contribution is -2.30. The van der Waals surface area contributed by atoms with Crippen LogP contribution in [0.1, 0.15) is 34.6 Å². The highest BCUT2D eigenvalue weighted by Gasteiger charge is 2.22. The molecule has 98 valence electrons. The topological polar surface area (TPSA) is 104 Å². The number of carbonyl (C=O) groups is 2. The van der Waals surface area contributed by atoms with E-state index >= 15 is 0 Å². The van der Waals surface area contributed by atoms with Crippen molar-refractivity contribution in [2.75, 3.05) is 13.1 Å². The number of primary amides is 1. The molecule has 0 heterocycles. The lowest BCUT2D eigenvalue weighted by molar-refractivity contribution is 0.0768. The van der Waals surface area contributed by atoms with Gasteiger partial charge in [0.05, 0.1) is 11.1 Å². The smallest absolute Gasteiger partial charge is 0.257 e. The highest BCUT2D eigenvalue weighted by Crippen LogP contribution is 2.33. The molecule has 0 aliphatic rings. The van der Waals surface area contributed by atoms with E-state index in [1.807, 2.05) is 0 Å².